The average Bonchev–Trinajstić information content (AvgIpc) is 3.02. The molecule has 1 saturated heterocycles. The molecule has 1 aliphatic carbocycles. The molecule has 31 heavy (non-hydrogen) atoms. The van der Waals surface area contributed by atoms with E-state index in [1.165, 1.54) is 0 Å². The van der Waals surface area contributed by atoms with Gasteiger partial charge in [0, 0.05) is 45.0 Å². The molecule has 8 nitrogen and oxygen atoms in total. The fourth-order valence-electron chi connectivity index (χ4n) is 4.23. The minimum absolute atomic E-state index is 0.107. The van der Waals surface area contributed by atoms with Crippen LogP contribution in [0.3, 0.4) is 0 Å². The first-order valence-electron chi connectivity index (χ1n) is 10.7. The van der Waals surface area contributed by atoms with Crippen molar-refractivity contribution in [3.05, 3.63) is 23.7 Å². The van der Waals surface area contributed by atoms with Gasteiger partial charge < -0.3 is 15.5 Å². The molecule has 4 rings (SSSR count). The molecule has 0 bridgehead atoms. The predicted molar refractivity (Wildman–Crippen MR) is 113 cm³/mol. The summed E-state index contributed by atoms with van der Waals surface area (Å²) in [4.78, 5) is 12.8. The molecule has 0 atom stereocenters. The molecular weight excluding hydrogens is 409 g/mol. The van der Waals surface area contributed by atoms with Crippen molar-refractivity contribution in [3.63, 3.8) is 0 Å². The lowest BCUT2D eigenvalue weighted by molar-refractivity contribution is -0.137. The van der Waals surface area contributed by atoms with Gasteiger partial charge in [-0.1, -0.05) is 0 Å². The van der Waals surface area contributed by atoms with E-state index in [4.69, 9.17) is 0 Å². The van der Waals surface area contributed by atoms with Crippen molar-refractivity contribution in [1.29, 1.82) is 0 Å². The van der Waals surface area contributed by atoms with E-state index < -0.39 is 11.7 Å². The average molecular weight is 439 g/mol. The van der Waals surface area contributed by atoms with Crippen LogP contribution < -0.4 is 10.6 Å². The highest BCUT2D eigenvalue weighted by Crippen LogP contribution is 2.38. The summed E-state index contributed by atoms with van der Waals surface area (Å²) in [6.45, 7) is 8.43. The zero-order valence-corrected chi connectivity index (χ0v) is 18.1. The van der Waals surface area contributed by atoms with Crippen molar-refractivity contribution in [2.75, 3.05) is 50.4 Å². The van der Waals surface area contributed by atoms with Crippen LogP contribution in [-0.4, -0.2) is 75.4 Å². The van der Waals surface area contributed by atoms with Crippen LogP contribution in [0.1, 0.15) is 37.1 Å². The molecule has 2 aromatic rings. The highest BCUT2D eigenvalue weighted by molar-refractivity contribution is 5.58. The van der Waals surface area contributed by atoms with Gasteiger partial charge in [0.2, 0.25) is 5.95 Å². The Bertz CT molecular complexity index is 898. The molecule has 170 valence electrons. The van der Waals surface area contributed by atoms with Gasteiger partial charge in [-0.3, -0.25) is 9.58 Å². The van der Waals surface area contributed by atoms with Crippen molar-refractivity contribution >= 4 is 17.5 Å². The number of alkyl halides is 3. The molecule has 2 fully saturated rings. The number of piperazine rings is 1. The predicted octanol–water partition coefficient (Wildman–Crippen LogP) is 3.13. The number of hydrogen-bond acceptors (Lipinski definition) is 7. The van der Waals surface area contributed by atoms with Gasteiger partial charge in [0.05, 0.1) is 23.6 Å². The lowest BCUT2D eigenvalue weighted by Gasteiger charge is -2.46. The van der Waals surface area contributed by atoms with Crippen molar-refractivity contribution < 1.29 is 13.2 Å². The summed E-state index contributed by atoms with van der Waals surface area (Å²) in [5.74, 6) is -0.123. The Morgan fingerprint density at radius 2 is 1.81 bits per heavy atom. The van der Waals surface area contributed by atoms with Crippen LogP contribution in [0.5, 0.6) is 0 Å². The third-order valence-electron chi connectivity index (χ3n) is 6.22. The monoisotopic (exact) mass is 438 g/mol. The Hall–Kier alpha value is -2.40. The van der Waals surface area contributed by atoms with Crippen molar-refractivity contribution in [3.8, 4) is 0 Å². The molecule has 3 heterocycles. The lowest BCUT2D eigenvalue weighted by Crippen LogP contribution is -2.53. The SMILES string of the molecule is CCNc1nc(Nc2cnn([C@H]3C[C@H](N4CCN(C)CC4)C3)c2C)ncc1C(F)(F)F. The van der Waals surface area contributed by atoms with E-state index in [1.54, 1.807) is 13.1 Å². The van der Waals surface area contributed by atoms with Crippen LogP contribution in [0.15, 0.2) is 12.4 Å². The van der Waals surface area contributed by atoms with E-state index in [0.29, 0.717) is 24.3 Å². The fourth-order valence-corrected chi connectivity index (χ4v) is 4.23. The van der Waals surface area contributed by atoms with Gasteiger partial charge in [-0.15, -0.1) is 0 Å². The first-order chi connectivity index (χ1) is 14.8. The molecule has 0 radical (unpaired) electrons. The zero-order valence-electron chi connectivity index (χ0n) is 18.1. The zero-order chi connectivity index (χ0) is 22.2. The Morgan fingerprint density at radius 3 is 2.45 bits per heavy atom. The minimum atomic E-state index is -4.51. The first-order valence-corrected chi connectivity index (χ1v) is 10.7. The Morgan fingerprint density at radius 1 is 1.10 bits per heavy atom. The van der Waals surface area contributed by atoms with Crippen molar-refractivity contribution in [1.82, 2.24) is 29.5 Å². The first kappa shape index (κ1) is 21.8. The maximum atomic E-state index is 13.2. The summed E-state index contributed by atoms with van der Waals surface area (Å²) in [6.07, 6.45) is 0.105. The van der Waals surface area contributed by atoms with Gasteiger partial charge in [0.1, 0.15) is 11.4 Å². The van der Waals surface area contributed by atoms with E-state index in [0.717, 1.165) is 50.9 Å². The maximum absolute atomic E-state index is 13.2. The van der Waals surface area contributed by atoms with Gasteiger partial charge in [-0.25, -0.2) is 4.98 Å². The van der Waals surface area contributed by atoms with Crippen molar-refractivity contribution in [2.24, 2.45) is 0 Å². The second-order valence-electron chi connectivity index (χ2n) is 8.32. The minimum Gasteiger partial charge on any atom is -0.370 e. The van der Waals surface area contributed by atoms with Crippen LogP contribution in [-0.2, 0) is 6.18 Å². The number of hydrogen-bond donors (Lipinski definition) is 2. The second-order valence-corrected chi connectivity index (χ2v) is 8.32. The van der Waals surface area contributed by atoms with Crippen LogP contribution >= 0.6 is 0 Å². The van der Waals surface area contributed by atoms with E-state index >= 15 is 0 Å². The van der Waals surface area contributed by atoms with E-state index in [9.17, 15) is 13.2 Å². The third-order valence-corrected chi connectivity index (χ3v) is 6.22. The van der Waals surface area contributed by atoms with Crippen LogP contribution in [0.25, 0.3) is 0 Å². The molecule has 2 aliphatic rings. The Kier molecular flexibility index (Phi) is 6.07. The van der Waals surface area contributed by atoms with Crippen LogP contribution in [0.2, 0.25) is 0 Å². The van der Waals surface area contributed by atoms with Gasteiger partial charge >= 0.3 is 6.18 Å². The summed E-state index contributed by atoms with van der Waals surface area (Å²) in [5, 5.41) is 10.2. The third kappa shape index (κ3) is 4.62. The Labute approximate surface area is 179 Å². The van der Waals surface area contributed by atoms with Gasteiger partial charge in [0.25, 0.3) is 0 Å². The molecule has 1 aliphatic heterocycles. The van der Waals surface area contributed by atoms with E-state index in [1.807, 2.05) is 11.6 Å². The molecule has 0 aromatic carbocycles. The van der Waals surface area contributed by atoms with Gasteiger partial charge in [0.15, 0.2) is 0 Å². The summed E-state index contributed by atoms with van der Waals surface area (Å²) in [6, 6.07) is 0.936. The van der Waals surface area contributed by atoms with E-state index in [-0.39, 0.29) is 11.8 Å². The normalized spacial score (nSPS) is 22.9. The smallest absolute Gasteiger partial charge is 0.370 e. The van der Waals surface area contributed by atoms with Gasteiger partial charge in [-0.05, 0) is 33.7 Å². The number of likely N-dealkylation sites (N-methyl/N-ethyl adjacent to an activating group) is 1. The molecule has 2 aromatic heterocycles. The van der Waals surface area contributed by atoms with Gasteiger partial charge in [-0.2, -0.15) is 23.3 Å². The number of anilines is 3. The molecule has 0 unspecified atom stereocenters. The highest BCUT2D eigenvalue weighted by atomic mass is 19.4. The quantitative estimate of drug-likeness (QED) is 0.718. The van der Waals surface area contributed by atoms with Crippen molar-refractivity contribution in [2.45, 2.75) is 44.9 Å². The second kappa shape index (κ2) is 8.62. The topological polar surface area (TPSA) is 74.1 Å². The van der Waals surface area contributed by atoms with Crippen LogP contribution in [0.4, 0.5) is 30.6 Å². The molecule has 0 spiro atoms. The molecule has 0 amide bonds. The molecule has 1 saturated carbocycles. The fraction of sp³-hybridized carbons (Fsp3) is 0.650. The number of halogens is 3. The molecular formula is C20H29F3N8. The molecule has 2 N–H and O–H groups in total. The number of nitrogens with zero attached hydrogens (tertiary/aromatic N) is 6. The number of rotatable bonds is 6. The Balaban J connectivity index is 1.42. The lowest BCUT2D eigenvalue weighted by atomic mass is 9.85. The summed E-state index contributed by atoms with van der Waals surface area (Å²) in [7, 11) is 2.16. The maximum Gasteiger partial charge on any atom is 0.421 e. The highest BCUT2D eigenvalue weighted by Gasteiger charge is 2.37. The summed E-state index contributed by atoms with van der Waals surface area (Å²) >= 11 is 0. The van der Waals surface area contributed by atoms with Crippen LogP contribution in [0, 0.1) is 6.92 Å². The molecule has 11 heteroatoms. The summed E-state index contributed by atoms with van der Waals surface area (Å²) < 4.78 is 41.5. The number of nitrogens with one attached hydrogen (secondary N) is 2. The van der Waals surface area contributed by atoms with E-state index in [2.05, 4.69) is 42.5 Å². The summed E-state index contributed by atoms with van der Waals surface area (Å²) in [5.41, 5.74) is 0.748. The number of aromatic nitrogens is 4. The standard InChI is InChI=1S/C20H29F3N8/c1-4-24-18-16(20(21,22)23)11-25-19(28-18)27-17-12-26-31(13(17)2)15-9-14(10-15)30-7-5-29(3)6-8-30/h11-12,14-15H,4-10H2,1-3H3,(H2,24,25,27,28)/t14-,15-. The largest absolute Gasteiger partial charge is 0.421 e.